The summed E-state index contributed by atoms with van der Waals surface area (Å²) < 4.78 is 42.1. The number of hydrogen-bond acceptors (Lipinski definition) is 0. The molecule has 2 aromatic carbocycles. The fourth-order valence-corrected chi connectivity index (χ4v) is 2.33. The predicted octanol–water partition coefficient (Wildman–Crippen LogP) is 6.11. The Morgan fingerprint density at radius 3 is 2.00 bits per heavy atom. The fourth-order valence-electron chi connectivity index (χ4n) is 2.33. The van der Waals surface area contributed by atoms with E-state index in [0.29, 0.717) is 12.0 Å². The van der Waals surface area contributed by atoms with E-state index in [2.05, 4.69) is 6.92 Å². The van der Waals surface area contributed by atoms with Crippen molar-refractivity contribution in [1.29, 1.82) is 0 Å². The summed E-state index contributed by atoms with van der Waals surface area (Å²) in [6, 6.07) is 10.6. The van der Waals surface area contributed by atoms with Crippen LogP contribution in [0, 0.1) is 5.82 Å². The van der Waals surface area contributed by atoms with Crippen molar-refractivity contribution in [1.82, 2.24) is 0 Å². The van der Waals surface area contributed by atoms with Gasteiger partial charge < -0.3 is 0 Å². The Labute approximate surface area is 129 Å². The number of hydrogen-bond donors (Lipinski definition) is 0. The minimum Gasteiger partial charge on any atom is -0.207 e. The first-order chi connectivity index (χ1) is 10.6. The van der Waals surface area contributed by atoms with Crippen LogP contribution in [-0.2, 0) is 12.8 Å². The van der Waals surface area contributed by atoms with Gasteiger partial charge in [0, 0.05) is 11.1 Å². The Morgan fingerprint density at radius 1 is 0.864 bits per heavy atom. The fraction of sp³-hybridized carbons (Fsp3) is 0.263. The summed E-state index contributed by atoms with van der Waals surface area (Å²) in [6.07, 6.45) is 2.41. The quantitative estimate of drug-likeness (QED) is 0.585. The van der Waals surface area contributed by atoms with E-state index in [1.54, 1.807) is 24.3 Å². The molecule has 0 heterocycles. The highest BCUT2D eigenvalue weighted by Crippen LogP contribution is 2.30. The largest absolute Gasteiger partial charge is 0.207 e. The van der Waals surface area contributed by atoms with Crippen LogP contribution in [0.1, 0.15) is 42.5 Å². The molecule has 2 rings (SSSR count). The second kappa shape index (κ2) is 7.30. The standard InChI is InChI=1S/C19H19F3/c1-3-5-13-6-8-15(9-7-13)18(21)19(22)16-11-10-14(4-2)17(20)12-16/h6-12H,3-5H2,1-2H3/b19-18+. The SMILES string of the molecule is CCCc1ccc(/C(F)=C(\F)c2ccc(CC)c(F)c2)cc1. The van der Waals surface area contributed by atoms with Gasteiger partial charge >= 0.3 is 0 Å². The zero-order chi connectivity index (χ0) is 16.1. The van der Waals surface area contributed by atoms with Gasteiger partial charge in [0.1, 0.15) is 5.82 Å². The molecule has 0 spiro atoms. The van der Waals surface area contributed by atoms with Crippen LogP contribution >= 0.6 is 0 Å². The third-order valence-electron chi connectivity index (χ3n) is 3.63. The highest BCUT2D eigenvalue weighted by Gasteiger charge is 2.13. The van der Waals surface area contributed by atoms with Crippen molar-refractivity contribution in [2.75, 3.05) is 0 Å². The molecular formula is C19H19F3. The van der Waals surface area contributed by atoms with Gasteiger partial charge in [0.2, 0.25) is 0 Å². The normalized spacial score (nSPS) is 12.2. The Morgan fingerprint density at radius 2 is 1.45 bits per heavy atom. The first kappa shape index (κ1) is 16.3. The summed E-state index contributed by atoms with van der Waals surface area (Å²) in [4.78, 5) is 0. The average molecular weight is 304 g/mol. The van der Waals surface area contributed by atoms with Gasteiger partial charge in [-0.25, -0.2) is 13.2 Å². The summed E-state index contributed by atoms with van der Waals surface area (Å²) >= 11 is 0. The molecule has 0 aliphatic heterocycles. The molecule has 0 saturated heterocycles. The predicted molar refractivity (Wildman–Crippen MR) is 85.2 cm³/mol. The summed E-state index contributed by atoms with van der Waals surface area (Å²) in [7, 11) is 0. The van der Waals surface area contributed by atoms with Crippen LogP contribution in [0.25, 0.3) is 11.7 Å². The van der Waals surface area contributed by atoms with Crippen molar-refractivity contribution < 1.29 is 13.2 Å². The van der Waals surface area contributed by atoms with Gasteiger partial charge in [0.25, 0.3) is 0 Å². The zero-order valence-corrected chi connectivity index (χ0v) is 12.8. The van der Waals surface area contributed by atoms with E-state index in [1.165, 1.54) is 12.1 Å². The van der Waals surface area contributed by atoms with Gasteiger partial charge in [-0.1, -0.05) is 56.7 Å². The molecule has 0 radical (unpaired) electrons. The Bertz CT molecular complexity index is 670. The van der Waals surface area contributed by atoms with Gasteiger partial charge in [-0.05, 0) is 30.0 Å². The number of aryl methyl sites for hydroxylation is 2. The second-order valence-corrected chi connectivity index (χ2v) is 5.23. The summed E-state index contributed by atoms with van der Waals surface area (Å²) in [5, 5.41) is 0. The van der Waals surface area contributed by atoms with Crippen molar-refractivity contribution in [2.24, 2.45) is 0 Å². The molecule has 2 aromatic rings. The molecule has 0 aromatic heterocycles. The molecule has 0 fully saturated rings. The van der Waals surface area contributed by atoms with E-state index in [1.807, 2.05) is 6.92 Å². The van der Waals surface area contributed by atoms with E-state index < -0.39 is 17.5 Å². The summed E-state index contributed by atoms with van der Waals surface area (Å²) in [5.41, 5.74) is 1.65. The van der Waals surface area contributed by atoms with Crippen molar-refractivity contribution >= 4 is 11.7 Å². The van der Waals surface area contributed by atoms with Gasteiger partial charge in [0.05, 0.1) is 0 Å². The Balaban J connectivity index is 2.33. The average Bonchev–Trinajstić information content (AvgIpc) is 2.54. The molecule has 0 amide bonds. The number of halogens is 3. The van der Waals surface area contributed by atoms with E-state index >= 15 is 0 Å². The van der Waals surface area contributed by atoms with Crippen LogP contribution in [-0.4, -0.2) is 0 Å². The molecule has 0 atom stereocenters. The molecule has 3 heteroatoms. The maximum atomic E-state index is 14.2. The molecule has 0 aliphatic carbocycles. The van der Waals surface area contributed by atoms with E-state index in [-0.39, 0.29) is 11.1 Å². The third kappa shape index (κ3) is 3.59. The molecule has 0 nitrogen and oxygen atoms in total. The Kier molecular flexibility index (Phi) is 5.42. The van der Waals surface area contributed by atoms with Crippen LogP contribution < -0.4 is 0 Å². The molecule has 22 heavy (non-hydrogen) atoms. The van der Waals surface area contributed by atoms with Gasteiger partial charge in [-0.15, -0.1) is 0 Å². The van der Waals surface area contributed by atoms with Crippen LogP contribution in [0.15, 0.2) is 42.5 Å². The van der Waals surface area contributed by atoms with Gasteiger partial charge in [-0.3, -0.25) is 0 Å². The molecule has 0 bridgehead atoms. The second-order valence-electron chi connectivity index (χ2n) is 5.23. The molecular weight excluding hydrogens is 285 g/mol. The highest BCUT2D eigenvalue weighted by atomic mass is 19.2. The number of rotatable bonds is 5. The molecule has 0 unspecified atom stereocenters. The van der Waals surface area contributed by atoms with E-state index in [9.17, 15) is 13.2 Å². The molecule has 0 N–H and O–H groups in total. The molecule has 116 valence electrons. The third-order valence-corrected chi connectivity index (χ3v) is 3.63. The lowest BCUT2D eigenvalue weighted by atomic mass is 10.0. The van der Waals surface area contributed by atoms with Gasteiger partial charge in [-0.2, -0.15) is 0 Å². The smallest absolute Gasteiger partial charge is 0.166 e. The molecule has 0 aliphatic rings. The van der Waals surface area contributed by atoms with E-state index in [4.69, 9.17) is 0 Å². The lowest BCUT2D eigenvalue weighted by molar-refractivity contribution is 0.610. The van der Waals surface area contributed by atoms with Crippen LogP contribution in [0.5, 0.6) is 0 Å². The highest BCUT2D eigenvalue weighted by molar-refractivity contribution is 5.83. The van der Waals surface area contributed by atoms with Gasteiger partial charge in [0.15, 0.2) is 11.7 Å². The Hall–Kier alpha value is -2.03. The van der Waals surface area contributed by atoms with Crippen LogP contribution in [0.2, 0.25) is 0 Å². The maximum absolute atomic E-state index is 14.2. The van der Waals surface area contributed by atoms with Crippen molar-refractivity contribution in [3.63, 3.8) is 0 Å². The van der Waals surface area contributed by atoms with E-state index in [0.717, 1.165) is 24.5 Å². The monoisotopic (exact) mass is 304 g/mol. The minimum absolute atomic E-state index is 0.0789. The lowest BCUT2D eigenvalue weighted by Gasteiger charge is -2.06. The minimum atomic E-state index is -1.04. The summed E-state index contributed by atoms with van der Waals surface area (Å²) in [5.74, 6) is -2.52. The van der Waals surface area contributed by atoms with Crippen LogP contribution in [0.4, 0.5) is 13.2 Å². The van der Waals surface area contributed by atoms with Crippen molar-refractivity contribution in [3.05, 3.63) is 70.5 Å². The molecule has 0 saturated carbocycles. The van der Waals surface area contributed by atoms with Crippen LogP contribution in [0.3, 0.4) is 0 Å². The maximum Gasteiger partial charge on any atom is 0.166 e. The zero-order valence-electron chi connectivity index (χ0n) is 12.8. The summed E-state index contributed by atoms with van der Waals surface area (Å²) in [6.45, 7) is 3.87. The lowest BCUT2D eigenvalue weighted by Crippen LogP contribution is -1.91. The first-order valence-electron chi connectivity index (χ1n) is 7.50. The topological polar surface area (TPSA) is 0 Å². The number of benzene rings is 2. The van der Waals surface area contributed by atoms with Crippen molar-refractivity contribution in [3.8, 4) is 0 Å². The van der Waals surface area contributed by atoms with Crippen molar-refractivity contribution in [2.45, 2.75) is 33.1 Å². The first-order valence-corrected chi connectivity index (χ1v) is 7.50.